The zero-order valence-electron chi connectivity index (χ0n) is 12.4. The first kappa shape index (κ1) is 12.9. The van der Waals surface area contributed by atoms with Crippen molar-refractivity contribution in [1.29, 1.82) is 0 Å². The molecule has 0 N–H and O–H groups in total. The Bertz CT molecular complexity index is 289. The van der Waals surface area contributed by atoms with E-state index in [0.717, 1.165) is 30.0 Å². The van der Waals surface area contributed by atoms with Crippen molar-refractivity contribution in [3.63, 3.8) is 0 Å². The van der Waals surface area contributed by atoms with Crippen molar-refractivity contribution in [3.8, 4) is 0 Å². The Morgan fingerprint density at radius 2 is 2.06 bits per heavy atom. The third-order valence-electron chi connectivity index (χ3n) is 5.51. The summed E-state index contributed by atoms with van der Waals surface area (Å²) in [7, 11) is 0. The predicted molar refractivity (Wildman–Crippen MR) is 76.7 cm³/mol. The summed E-state index contributed by atoms with van der Waals surface area (Å²) in [5.74, 6) is 1.85. The lowest BCUT2D eigenvalue weighted by atomic mass is 9.97. The molecule has 0 aromatic carbocycles. The molecule has 0 bridgehead atoms. The minimum absolute atomic E-state index is 0.814. The monoisotopic (exact) mass is 250 g/mol. The molecule has 2 saturated heterocycles. The molecule has 3 aliphatic rings. The van der Waals surface area contributed by atoms with Gasteiger partial charge in [-0.2, -0.15) is 0 Å². The second kappa shape index (κ2) is 5.13. The van der Waals surface area contributed by atoms with Gasteiger partial charge in [-0.15, -0.1) is 0 Å². The number of nitrogens with zero attached hydrogens (tertiary/aromatic N) is 2. The average molecular weight is 250 g/mol. The van der Waals surface area contributed by atoms with Crippen molar-refractivity contribution in [2.75, 3.05) is 19.6 Å². The molecule has 1 saturated carbocycles. The quantitative estimate of drug-likeness (QED) is 0.757. The van der Waals surface area contributed by atoms with Crippen molar-refractivity contribution in [3.05, 3.63) is 0 Å². The highest BCUT2D eigenvalue weighted by atomic mass is 15.3. The molecule has 3 rings (SSSR count). The highest BCUT2D eigenvalue weighted by molar-refractivity contribution is 5.03. The van der Waals surface area contributed by atoms with Gasteiger partial charge in [-0.3, -0.25) is 9.80 Å². The fourth-order valence-electron chi connectivity index (χ4n) is 4.36. The third kappa shape index (κ3) is 2.34. The molecule has 104 valence electrons. The summed E-state index contributed by atoms with van der Waals surface area (Å²) in [6.07, 6.45) is 7.21. The molecule has 0 aromatic rings. The standard InChI is InChI=1S/C16H30N2/c1-4-6-13-9-15(13)18-10-14-7-5-8-17(14)11-16(18)12(2)3/h12-16H,4-11H2,1-3H3. The Morgan fingerprint density at radius 3 is 2.78 bits per heavy atom. The molecule has 0 aromatic heterocycles. The number of rotatable bonds is 4. The van der Waals surface area contributed by atoms with E-state index in [0.29, 0.717) is 0 Å². The maximum Gasteiger partial charge on any atom is 0.0249 e. The van der Waals surface area contributed by atoms with Crippen LogP contribution in [0.1, 0.15) is 52.9 Å². The van der Waals surface area contributed by atoms with Crippen LogP contribution in [0.25, 0.3) is 0 Å². The summed E-state index contributed by atoms with van der Waals surface area (Å²) < 4.78 is 0. The van der Waals surface area contributed by atoms with Gasteiger partial charge in [-0.05, 0) is 44.1 Å². The van der Waals surface area contributed by atoms with Crippen LogP contribution in [0.3, 0.4) is 0 Å². The van der Waals surface area contributed by atoms with Crippen LogP contribution in [-0.2, 0) is 0 Å². The average Bonchev–Trinajstić information content (AvgIpc) is 2.95. The summed E-state index contributed by atoms with van der Waals surface area (Å²) in [6.45, 7) is 11.3. The highest BCUT2D eigenvalue weighted by Gasteiger charge is 2.48. The van der Waals surface area contributed by atoms with Crippen LogP contribution < -0.4 is 0 Å². The predicted octanol–water partition coefficient (Wildman–Crippen LogP) is 2.98. The van der Waals surface area contributed by atoms with Crippen molar-refractivity contribution in [1.82, 2.24) is 9.80 Å². The van der Waals surface area contributed by atoms with Crippen LogP contribution in [0, 0.1) is 11.8 Å². The van der Waals surface area contributed by atoms with Gasteiger partial charge < -0.3 is 0 Å². The van der Waals surface area contributed by atoms with E-state index >= 15 is 0 Å². The van der Waals surface area contributed by atoms with E-state index in [1.165, 1.54) is 51.7 Å². The highest BCUT2D eigenvalue weighted by Crippen LogP contribution is 2.43. The van der Waals surface area contributed by atoms with Crippen molar-refractivity contribution < 1.29 is 0 Å². The van der Waals surface area contributed by atoms with Crippen LogP contribution in [0.5, 0.6) is 0 Å². The Balaban J connectivity index is 1.66. The van der Waals surface area contributed by atoms with E-state index in [2.05, 4.69) is 30.6 Å². The molecule has 1 aliphatic carbocycles. The number of hydrogen-bond donors (Lipinski definition) is 0. The minimum Gasteiger partial charge on any atom is -0.298 e. The molecule has 3 fully saturated rings. The van der Waals surface area contributed by atoms with Gasteiger partial charge in [0.15, 0.2) is 0 Å². The molecule has 0 spiro atoms. The summed E-state index contributed by atoms with van der Waals surface area (Å²) in [6, 6.07) is 2.66. The molecule has 18 heavy (non-hydrogen) atoms. The van der Waals surface area contributed by atoms with Crippen LogP contribution in [0.15, 0.2) is 0 Å². The molecule has 2 nitrogen and oxygen atoms in total. The molecule has 2 aliphatic heterocycles. The first-order valence-corrected chi connectivity index (χ1v) is 8.20. The molecular weight excluding hydrogens is 220 g/mol. The Morgan fingerprint density at radius 1 is 1.22 bits per heavy atom. The minimum atomic E-state index is 0.814. The van der Waals surface area contributed by atoms with Gasteiger partial charge in [0.2, 0.25) is 0 Å². The maximum absolute atomic E-state index is 2.91. The Hall–Kier alpha value is -0.0800. The van der Waals surface area contributed by atoms with E-state index in [4.69, 9.17) is 0 Å². The van der Waals surface area contributed by atoms with Crippen molar-refractivity contribution in [2.24, 2.45) is 11.8 Å². The summed E-state index contributed by atoms with van der Waals surface area (Å²) in [5.41, 5.74) is 0. The third-order valence-corrected chi connectivity index (χ3v) is 5.51. The number of fused-ring (bicyclic) bond motifs is 1. The van der Waals surface area contributed by atoms with Gasteiger partial charge in [0, 0.05) is 31.2 Å². The van der Waals surface area contributed by atoms with Gasteiger partial charge in [0.1, 0.15) is 0 Å². The van der Waals surface area contributed by atoms with E-state index in [-0.39, 0.29) is 0 Å². The fourth-order valence-corrected chi connectivity index (χ4v) is 4.36. The lowest BCUT2D eigenvalue weighted by Crippen LogP contribution is -2.58. The normalized spacial score (nSPS) is 41.3. The lowest BCUT2D eigenvalue weighted by Gasteiger charge is -2.46. The number of hydrogen-bond acceptors (Lipinski definition) is 2. The molecule has 0 radical (unpaired) electrons. The number of piperazine rings is 1. The van der Waals surface area contributed by atoms with E-state index in [1.54, 1.807) is 0 Å². The second-order valence-electron chi connectivity index (χ2n) is 7.15. The SMILES string of the molecule is CCCC1CC1N1CC2CCCN2CC1C(C)C. The molecular formula is C16H30N2. The van der Waals surface area contributed by atoms with Gasteiger partial charge in [-0.25, -0.2) is 0 Å². The van der Waals surface area contributed by atoms with Crippen molar-refractivity contribution >= 4 is 0 Å². The fraction of sp³-hybridized carbons (Fsp3) is 1.00. The van der Waals surface area contributed by atoms with Crippen molar-refractivity contribution in [2.45, 2.75) is 71.0 Å². The Kier molecular flexibility index (Phi) is 3.68. The first-order valence-electron chi connectivity index (χ1n) is 8.20. The van der Waals surface area contributed by atoms with E-state index in [1.807, 2.05) is 0 Å². The van der Waals surface area contributed by atoms with Gasteiger partial charge in [0.05, 0.1) is 0 Å². The van der Waals surface area contributed by atoms with Crippen LogP contribution >= 0.6 is 0 Å². The maximum atomic E-state index is 2.91. The summed E-state index contributed by atoms with van der Waals surface area (Å²) in [5, 5.41) is 0. The first-order chi connectivity index (χ1) is 8.70. The van der Waals surface area contributed by atoms with Gasteiger partial charge in [0.25, 0.3) is 0 Å². The Labute approximate surface area is 113 Å². The second-order valence-corrected chi connectivity index (χ2v) is 7.15. The molecule has 4 atom stereocenters. The topological polar surface area (TPSA) is 6.48 Å². The summed E-state index contributed by atoms with van der Waals surface area (Å²) >= 11 is 0. The largest absolute Gasteiger partial charge is 0.298 e. The lowest BCUT2D eigenvalue weighted by molar-refractivity contribution is 0.0200. The molecule has 2 heteroatoms. The van der Waals surface area contributed by atoms with Crippen LogP contribution in [-0.4, -0.2) is 47.6 Å². The molecule has 2 heterocycles. The van der Waals surface area contributed by atoms with Gasteiger partial charge >= 0.3 is 0 Å². The zero-order valence-corrected chi connectivity index (χ0v) is 12.4. The van der Waals surface area contributed by atoms with E-state index in [9.17, 15) is 0 Å². The summed E-state index contributed by atoms with van der Waals surface area (Å²) in [4.78, 5) is 5.69. The zero-order chi connectivity index (χ0) is 12.7. The van der Waals surface area contributed by atoms with E-state index < -0.39 is 0 Å². The molecule has 0 amide bonds. The van der Waals surface area contributed by atoms with Gasteiger partial charge in [-0.1, -0.05) is 27.2 Å². The van der Waals surface area contributed by atoms with Crippen LogP contribution in [0.2, 0.25) is 0 Å². The smallest absolute Gasteiger partial charge is 0.0249 e. The molecule has 4 unspecified atom stereocenters. The van der Waals surface area contributed by atoms with Crippen LogP contribution in [0.4, 0.5) is 0 Å².